The molecule has 2 bridgehead atoms. The van der Waals surface area contributed by atoms with Crippen molar-refractivity contribution >= 4 is 17.3 Å². The number of pyridine rings is 1. The van der Waals surface area contributed by atoms with Gasteiger partial charge in [0.1, 0.15) is 5.82 Å². The molecule has 96 valence electrons. The molecule has 3 aliphatic heterocycles. The Morgan fingerprint density at radius 3 is 2.78 bits per heavy atom. The van der Waals surface area contributed by atoms with Gasteiger partial charge in [-0.05, 0) is 37.8 Å². The quantitative estimate of drug-likeness (QED) is 0.819. The van der Waals surface area contributed by atoms with Crippen LogP contribution in [-0.2, 0) is 0 Å². The summed E-state index contributed by atoms with van der Waals surface area (Å²) in [6.45, 7) is 4.67. The van der Waals surface area contributed by atoms with E-state index in [0.29, 0.717) is 6.04 Å². The van der Waals surface area contributed by atoms with Crippen LogP contribution >= 0.6 is 0 Å². The standard InChI is InChI=1S/C14H20N4/c1-2-8-17(7-1)13-6-5-12-14(16-13)15-11-4-3-9-18(12)10-11/h5-6,11H,1-4,7-10H2,(H,15,16)/t11-/m0/s1. The summed E-state index contributed by atoms with van der Waals surface area (Å²) >= 11 is 0. The summed E-state index contributed by atoms with van der Waals surface area (Å²) in [7, 11) is 0. The smallest absolute Gasteiger partial charge is 0.152 e. The Morgan fingerprint density at radius 2 is 1.89 bits per heavy atom. The van der Waals surface area contributed by atoms with Gasteiger partial charge in [0, 0.05) is 32.2 Å². The minimum Gasteiger partial charge on any atom is -0.366 e. The maximum atomic E-state index is 4.85. The van der Waals surface area contributed by atoms with Gasteiger partial charge in [0.15, 0.2) is 5.82 Å². The van der Waals surface area contributed by atoms with E-state index in [1.165, 1.54) is 51.0 Å². The number of nitrogens with zero attached hydrogens (tertiary/aromatic N) is 3. The number of fused-ring (bicyclic) bond motifs is 4. The van der Waals surface area contributed by atoms with Gasteiger partial charge >= 0.3 is 0 Å². The first-order valence-corrected chi connectivity index (χ1v) is 7.18. The van der Waals surface area contributed by atoms with E-state index in [-0.39, 0.29) is 0 Å². The first-order chi connectivity index (χ1) is 8.90. The third kappa shape index (κ3) is 1.62. The number of rotatable bonds is 1. The molecule has 1 aromatic rings. The molecule has 2 saturated heterocycles. The molecular weight excluding hydrogens is 224 g/mol. The zero-order valence-corrected chi connectivity index (χ0v) is 10.7. The lowest BCUT2D eigenvalue weighted by Crippen LogP contribution is -2.46. The van der Waals surface area contributed by atoms with Gasteiger partial charge < -0.3 is 15.1 Å². The van der Waals surface area contributed by atoms with Crippen LogP contribution in [-0.4, -0.2) is 37.2 Å². The lowest BCUT2D eigenvalue weighted by atomic mass is 10.0. The highest BCUT2D eigenvalue weighted by atomic mass is 15.3. The second-order valence-electron chi connectivity index (χ2n) is 5.66. The van der Waals surface area contributed by atoms with E-state index < -0.39 is 0 Å². The average Bonchev–Trinajstić information content (AvgIpc) is 2.92. The second-order valence-corrected chi connectivity index (χ2v) is 5.66. The number of anilines is 3. The number of aromatic nitrogens is 1. The molecule has 4 heteroatoms. The predicted molar refractivity (Wildman–Crippen MR) is 74.5 cm³/mol. The zero-order valence-electron chi connectivity index (χ0n) is 10.7. The van der Waals surface area contributed by atoms with Crippen LogP contribution in [0.3, 0.4) is 0 Å². The Hall–Kier alpha value is -1.45. The Bertz CT molecular complexity index is 453. The molecule has 4 heterocycles. The third-order valence-corrected chi connectivity index (χ3v) is 4.39. The molecule has 0 radical (unpaired) electrons. The maximum Gasteiger partial charge on any atom is 0.152 e. The van der Waals surface area contributed by atoms with Crippen molar-refractivity contribution in [1.29, 1.82) is 0 Å². The van der Waals surface area contributed by atoms with E-state index in [9.17, 15) is 0 Å². The molecular formula is C14H20N4. The zero-order chi connectivity index (χ0) is 11.9. The number of hydrogen-bond acceptors (Lipinski definition) is 4. The molecule has 0 aromatic carbocycles. The van der Waals surface area contributed by atoms with Crippen molar-refractivity contribution in [3.8, 4) is 0 Å². The predicted octanol–water partition coefficient (Wildman–Crippen LogP) is 2.08. The molecule has 0 unspecified atom stereocenters. The summed E-state index contributed by atoms with van der Waals surface area (Å²) in [4.78, 5) is 9.74. The molecule has 18 heavy (non-hydrogen) atoms. The van der Waals surface area contributed by atoms with Gasteiger partial charge in [0.05, 0.1) is 5.69 Å². The fourth-order valence-corrected chi connectivity index (χ4v) is 3.43. The normalized spacial score (nSPS) is 25.9. The molecule has 4 nitrogen and oxygen atoms in total. The Kier molecular flexibility index (Phi) is 2.35. The van der Waals surface area contributed by atoms with Crippen LogP contribution in [0.2, 0.25) is 0 Å². The van der Waals surface area contributed by atoms with E-state index in [1.54, 1.807) is 0 Å². The van der Waals surface area contributed by atoms with Crippen molar-refractivity contribution in [2.24, 2.45) is 0 Å². The molecule has 0 spiro atoms. The lowest BCUT2D eigenvalue weighted by Gasteiger charge is -2.40. The van der Waals surface area contributed by atoms with Gasteiger partial charge in [-0.25, -0.2) is 4.98 Å². The van der Waals surface area contributed by atoms with Crippen LogP contribution in [0.25, 0.3) is 0 Å². The summed E-state index contributed by atoms with van der Waals surface area (Å²) < 4.78 is 0. The van der Waals surface area contributed by atoms with Crippen LogP contribution in [0.5, 0.6) is 0 Å². The molecule has 1 atom stereocenters. The van der Waals surface area contributed by atoms with Crippen LogP contribution in [0.15, 0.2) is 12.1 Å². The molecule has 0 saturated carbocycles. The van der Waals surface area contributed by atoms with Crippen LogP contribution in [0.4, 0.5) is 17.3 Å². The van der Waals surface area contributed by atoms with Crippen molar-refractivity contribution in [2.45, 2.75) is 31.7 Å². The highest BCUT2D eigenvalue weighted by Crippen LogP contribution is 2.35. The summed E-state index contributed by atoms with van der Waals surface area (Å²) in [5.41, 5.74) is 1.30. The molecule has 0 amide bonds. The van der Waals surface area contributed by atoms with Crippen LogP contribution in [0.1, 0.15) is 25.7 Å². The average molecular weight is 244 g/mol. The van der Waals surface area contributed by atoms with E-state index in [2.05, 4.69) is 27.2 Å². The topological polar surface area (TPSA) is 31.4 Å². The van der Waals surface area contributed by atoms with Crippen molar-refractivity contribution in [1.82, 2.24) is 4.98 Å². The first-order valence-electron chi connectivity index (χ1n) is 7.18. The van der Waals surface area contributed by atoms with Crippen molar-refractivity contribution in [2.75, 3.05) is 41.3 Å². The molecule has 4 rings (SSSR count). The molecule has 0 aliphatic carbocycles. The fourth-order valence-electron chi connectivity index (χ4n) is 3.43. The third-order valence-electron chi connectivity index (χ3n) is 4.39. The fraction of sp³-hybridized carbons (Fsp3) is 0.643. The van der Waals surface area contributed by atoms with E-state index >= 15 is 0 Å². The minimum absolute atomic E-state index is 0.604. The monoisotopic (exact) mass is 244 g/mol. The highest BCUT2D eigenvalue weighted by molar-refractivity contribution is 5.71. The Labute approximate surface area is 108 Å². The summed E-state index contributed by atoms with van der Waals surface area (Å²) in [5.74, 6) is 2.26. The number of hydrogen-bond donors (Lipinski definition) is 1. The first kappa shape index (κ1) is 10.5. The lowest BCUT2D eigenvalue weighted by molar-refractivity contribution is 0.515. The molecule has 2 fully saturated rings. The number of nitrogens with one attached hydrogen (secondary N) is 1. The number of piperidine rings is 1. The maximum absolute atomic E-state index is 4.85. The van der Waals surface area contributed by atoms with Gasteiger partial charge in [0.25, 0.3) is 0 Å². The van der Waals surface area contributed by atoms with Crippen molar-refractivity contribution < 1.29 is 0 Å². The summed E-state index contributed by atoms with van der Waals surface area (Å²) in [6, 6.07) is 5.05. The highest BCUT2D eigenvalue weighted by Gasteiger charge is 2.28. The second kappa shape index (κ2) is 4.04. The van der Waals surface area contributed by atoms with E-state index in [4.69, 9.17) is 4.98 Å². The van der Waals surface area contributed by atoms with E-state index in [1.807, 2.05) is 0 Å². The van der Waals surface area contributed by atoms with Crippen LogP contribution in [0, 0.1) is 0 Å². The van der Waals surface area contributed by atoms with E-state index in [0.717, 1.165) is 18.2 Å². The Balaban J connectivity index is 1.68. The van der Waals surface area contributed by atoms with Crippen molar-refractivity contribution in [3.63, 3.8) is 0 Å². The molecule has 1 aromatic heterocycles. The molecule has 1 N–H and O–H groups in total. The Morgan fingerprint density at radius 1 is 1.06 bits per heavy atom. The van der Waals surface area contributed by atoms with Gasteiger partial charge in [-0.15, -0.1) is 0 Å². The summed E-state index contributed by atoms with van der Waals surface area (Å²) in [6.07, 6.45) is 5.19. The van der Waals surface area contributed by atoms with Gasteiger partial charge in [-0.1, -0.05) is 0 Å². The minimum atomic E-state index is 0.604. The molecule has 3 aliphatic rings. The van der Waals surface area contributed by atoms with Crippen LogP contribution < -0.4 is 15.1 Å². The van der Waals surface area contributed by atoms with Gasteiger partial charge in [-0.3, -0.25) is 0 Å². The summed E-state index contributed by atoms with van der Waals surface area (Å²) in [5, 5.41) is 3.61. The van der Waals surface area contributed by atoms with Crippen molar-refractivity contribution in [3.05, 3.63) is 12.1 Å². The van der Waals surface area contributed by atoms with Gasteiger partial charge in [0.2, 0.25) is 0 Å². The largest absolute Gasteiger partial charge is 0.366 e. The SMILES string of the molecule is c1cc2c(nc1N1CCCC1)N[C@H]1CCCN2C1. The van der Waals surface area contributed by atoms with Gasteiger partial charge in [-0.2, -0.15) is 0 Å².